The van der Waals surface area contributed by atoms with Crippen LogP contribution in [0.5, 0.6) is 0 Å². The van der Waals surface area contributed by atoms with E-state index in [4.69, 9.17) is 15.5 Å². The number of hydrogen-bond acceptors (Lipinski definition) is 5. The highest BCUT2D eigenvalue weighted by Crippen LogP contribution is 2.04. The van der Waals surface area contributed by atoms with Crippen molar-refractivity contribution in [3.05, 3.63) is 0 Å². The fourth-order valence-electron chi connectivity index (χ4n) is 1.13. The van der Waals surface area contributed by atoms with Crippen molar-refractivity contribution in [2.24, 2.45) is 0 Å². The average molecular weight is 192 g/mol. The third kappa shape index (κ3) is 5.95. The molecule has 0 aromatic carbocycles. The lowest BCUT2D eigenvalue weighted by Crippen LogP contribution is -2.33. The van der Waals surface area contributed by atoms with Gasteiger partial charge in [0, 0.05) is 6.54 Å². The Morgan fingerprint density at radius 1 is 1.23 bits per heavy atom. The van der Waals surface area contributed by atoms with Crippen molar-refractivity contribution in [2.45, 2.75) is 25.8 Å². The molecule has 0 rings (SSSR count). The number of hydroxylamine groups is 2. The molecule has 0 aliphatic carbocycles. The molecule has 0 heterocycles. The normalized spacial score (nSPS) is 14.1. The van der Waals surface area contributed by atoms with Crippen LogP contribution < -0.4 is 0 Å². The summed E-state index contributed by atoms with van der Waals surface area (Å²) in [5.74, 6) is 0. The third-order valence-electron chi connectivity index (χ3n) is 2.12. The SMILES string of the molecule is CCC(CCN(C)CCO)N(O)O. The van der Waals surface area contributed by atoms with Gasteiger partial charge in [-0.2, -0.15) is 0 Å². The zero-order chi connectivity index (χ0) is 10.3. The molecule has 0 aliphatic heterocycles. The molecule has 3 N–H and O–H groups in total. The zero-order valence-corrected chi connectivity index (χ0v) is 8.35. The summed E-state index contributed by atoms with van der Waals surface area (Å²) in [6.45, 7) is 3.40. The molecule has 0 aliphatic rings. The first-order valence-corrected chi connectivity index (χ1v) is 4.58. The lowest BCUT2D eigenvalue weighted by atomic mass is 10.1. The van der Waals surface area contributed by atoms with Crippen molar-refractivity contribution in [1.82, 2.24) is 10.1 Å². The van der Waals surface area contributed by atoms with Gasteiger partial charge in [0.25, 0.3) is 0 Å². The molecule has 0 saturated carbocycles. The maximum atomic E-state index is 8.78. The van der Waals surface area contributed by atoms with E-state index in [1.165, 1.54) is 0 Å². The first-order valence-electron chi connectivity index (χ1n) is 4.58. The lowest BCUT2D eigenvalue weighted by molar-refractivity contribution is -0.333. The molecule has 0 aromatic heterocycles. The summed E-state index contributed by atoms with van der Waals surface area (Å²) in [4.78, 5) is 1.95. The van der Waals surface area contributed by atoms with Crippen molar-refractivity contribution >= 4 is 0 Å². The summed E-state index contributed by atoms with van der Waals surface area (Å²) >= 11 is 0. The molecule has 1 atom stereocenters. The van der Waals surface area contributed by atoms with Gasteiger partial charge in [-0.25, -0.2) is 0 Å². The van der Waals surface area contributed by atoms with Crippen LogP contribution in [0.2, 0.25) is 0 Å². The summed E-state index contributed by atoms with van der Waals surface area (Å²) < 4.78 is 0. The van der Waals surface area contributed by atoms with Gasteiger partial charge in [0.1, 0.15) is 0 Å². The fourth-order valence-corrected chi connectivity index (χ4v) is 1.13. The number of aliphatic hydroxyl groups excluding tert-OH is 1. The monoisotopic (exact) mass is 192 g/mol. The summed E-state index contributed by atoms with van der Waals surface area (Å²) in [5, 5.41) is 26.4. The Hall–Kier alpha value is -0.200. The molecule has 1 unspecified atom stereocenters. The van der Waals surface area contributed by atoms with Crippen LogP contribution in [-0.2, 0) is 0 Å². The van der Waals surface area contributed by atoms with Gasteiger partial charge in [0.2, 0.25) is 0 Å². The van der Waals surface area contributed by atoms with E-state index >= 15 is 0 Å². The first kappa shape index (κ1) is 12.8. The van der Waals surface area contributed by atoms with Gasteiger partial charge in [-0.05, 0) is 26.4 Å². The van der Waals surface area contributed by atoms with E-state index in [0.29, 0.717) is 19.4 Å². The molecule has 5 heteroatoms. The van der Waals surface area contributed by atoms with Crippen molar-refractivity contribution in [2.75, 3.05) is 26.7 Å². The Morgan fingerprint density at radius 3 is 2.23 bits per heavy atom. The number of hydrogen-bond donors (Lipinski definition) is 3. The van der Waals surface area contributed by atoms with E-state index in [2.05, 4.69) is 0 Å². The second kappa shape index (κ2) is 7.23. The summed E-state index contributed by atoms with van der Waals surface area (Å²) in [7, 11) is 1.89. The summed E-state index contributed by atoms with van der Waals surface area (Å²) in [6, 6.07) is -0.221. The van der Waals surface area contributed by atoms with Crippen molar-refractivity contribution in [1.29, 1.82) is 0 Å². The van der Waals surface area contributed by atoms with Crippen LogP contribution in [0.4, 0.5) is 0 Å². The summed E-state index contributed by atoms with van der Waals surface area (Å²) in [6.07, 6.45) is 1.37. The fraction of sp³-hybridized carbons (Fsp3) is 1.00. The largest absolute Gasteiger partial charge is 0.395 e. The van der Waals surface area contributed by atoms with Crippen molar-refractivity contribution in [3.63, 3.8) is 0 Å². The van der Waals surface area contributed by atoms with Gasteiger partial charge in [-0.15, -0.1) is 0 Å². The maximum Gasteiger partial charge on any atom is 0.0633 e. The van der Waals surface area contributed by atoms with Crippen LogP contribution in [0.25, 0.3) is 0 Å². The van der Waals surface area contributed by atoms with Crippen LogP contribution in [0.15, 0.2) is 0 Å². The maximum absolute atomic E-state index is 8.78. The van der Waals surface area contributed by atoms with E-state index in [-0.39, 0.29) is 17.9 Å². The molecule has 5 nitrogen and oxygen atoms in total. The topological polar surface area (TPSA) is 67.2 Å². The zero-order valence-electron chi connectivity index (χ0n) is 8.35. The van der Waals surface area contributed by atoms with Crippen LogP contribution in [0, 0.1) is 0 Å². The highest BCUT2D eigenvalue weighted by atomic mass is 16.8. The van der Waals surface area contributed by atoms with Crippen molar-refractivity contribution in [3.8, 4) is 0 Å². The Morgan fingerprint density at radius 2 is 1.85 bits per heavy atom. The molecule has 13 heavy (non-hydrogen) atoms. The van der Waals surface area contributed by atoms with E-state index in [0.717, 1.165) is 6.54 Å². The molecule has 0 fully saturated rings. The predicted molar refractivity (Wildman–Crippen MR) is 48.7 cm³/mol. The van der Waals surface area contributed by atoms with E-state index in [1.807, 2.05) is 18.9 Å². The molecule has 0 radical (unpaired) electrons. The van der Waals surface area contributed by atoms with Crippen LogP contribution in [-0.4, -0.2) is 58.4 Å². The Bertz CT molecular complexity index is 122. The van der Waals surface area contributed by atoms with Crippen LogP contribution in [0.3, 0.4) is 0 Å². The molecule has 0 amide bonds. The average Bonchev–Trinajstić information content (AvgIpc) is 2.05. The molecule has 0 aromatic rings. The molecule has 80 valence electrons. The minimum Gasteiger partial charge on any atom is -0.395 e. The van der Waals surface area contributed by atoms with E-state index < -0.39 is 0 Å². The number of aliphatic hydroxyl groups is 1. The van der Waals surface area contributed by atoms with Gasteiger partial charge in [-0.1, -0.05) is 12.2 Å². The number of nitrogens with zero attached hydrogens (tertiary/aromatic N) is 2. The van der Waals surface area contributed by atoms with E-state index in [1.54, 1.807) is 0 Å². The van der Waals surface area contributed by atoms with Gasteiger partial charge < -0.3 is 10.0 Å². The van der Waals surface area contributed by atoms with Crippen molar-refractivity contribution < 1.29 is 15.5 Å². The molecular weight excluding hydrogens is 172 g/mol. The lowest BCUT2D eigenvalue weighted by Gasteiger charge is -2.22. The third-order valence-corrected chi connectivity index (χ3v) is 2.12. The molecule has 0 bridgehead atoms. The molecule has 0 saturated heterocycles. The number of likely N-dealkylation sites (N-methyl/N-ethyl adjacent to an activating group) is 1. The second-order valence-corrected chi connectivity index (χ2v) is 3.20. The minimum atomic E-state index is -0.221. The minimum absolute atomic E-state index is 0.134. The van der Waals surface area contributed by atoms with Gasteiger partial charge in [-0.3, -0.25) is 10.4 Å². The molecular formula is C8H20N2O3. The smallest absolute Gasteiger partial charge is 0.0633 e. The highest BCUT2D eigenvalue weighted by molar-refractivity contribution is 4.61. The Balaban J connectivity index is 3.59. The Kier molecular flexibility index (Phi) is 7.12. The predicted octanol–water partition coefficient (Wildman–Crippen LogP) is 0.160. The number of rotatable bonds is 7. The Labute approximate surface area is 79.1 Å². The van der Waals surface area contributed by atoms with E-state index in [9.17, 15) is 0 Å². The van der Waals surface area contributed by atoms with Crippen LogP contribution in [0.1, 0.15) is 19.8 Å². The van der Waals surface area contributed by atoms with Gasteiger partial charge in [0.15, 0.2) is 0 Å². The second-order valence-electron chi connectivity index (χ2n) is 3.20. The quantitative estimate of drug-likeness (QED) is 0.501. The first-order chi connectivity index (χ1) is 6.11. The highest BCUT2D eigenvalue weighted by Gasteiger charge is 2.12. The standard InChI is InChI=1S/C8H20N2O3/c1-3-8(10(12)13)4-5-9(2)6-7-11/h8,11-13H,3-7H2,1-2H3. The van der Waals surface area contributed by atoms with Crippen LogP contribution >= 0.6 is 0 Å². The summed E-state index contributed by atoms with van der Waals surface area (Å²) in [5.41, 5.74) is 0. The van der Waals surface area contributed by atoms with Gasteiger partial charge in [0.05, 0.1) is 12.6 Å². The van der Waals surface area contributed by atoms with Gasteiger partial charge >= 0.3 is 0 Å². The molecule has 0 spiro atoms.